The highest BCUT2D eigenvalue weighted by atomic mass is 35.5. The molecular weight excluding hydrogens is 416 g/mol. The van der Waals surface area contributed by atoms with Gasteiger partial charge in [-0.2, -0.15) is 0 Å². The lowest BCUT2D eigenvalue weighted by molar-refractivity contribution is 0.483. The molecule has 164 valence electrons. The molecule has 0 fully saturated rings. The summed E-state index contributed by atoms with van der Waals surface area (Å²) in [7, 11) is 0. The van der Waals surface area contributed by atoms with E-state index in [0.717, 1.165) is 23.5 Å². The number of fused-ring (bicyclic) bond motifs is 1. The van der Waals surface area contributed by atoms with Gasteiger partial charge in [-0.25, -0.2) is 0 Å². The van der Waals surface area contributed by atoms with Crippen LogP contribution in [0.3, 0.4) is 0 Å². The van der Waals surface area contributed by atoms with Crippen LogP contribution in [0.5, 0.6) is 11.5 Å². The fraction of sp³-hybridized carbons (Fsp3) is 0.250. The van der Waals surface area contributed by atoms with Gasteiger partial charge in [-0.15, -0.1) is 0 Å². The monoisotopic (exact) mass is 444 g/mol. The first-order chi connectivity index (χ1) is 15.3. The largest absolute Gasteiger partial charge is 0.457 e. The molecule has 3 aromatic rings. The fourth-order valence-corrected chi connectivity index (χ4v) is 4.55. The molecule has 0 saturated carbocycles. The summed E-state index contributed by atoms with van der Waals surface area (Å²) in [5.74, 6) is 1.46. The molecule has 4 rings (SSSR count). The Morgan fingerprint density at radius 2 is 1.75 bits per heavy atom. The number of allylic oxidation sites excluding steroid dienone is 1. The van der Waals surface area contributed by atoms with Gasteiger partial charge in [0.05, 0.1) is 11.2 Å². The van der Waals surface area contributed by atoms with Crippen LogP contribution in [0.25, 0.3) is 5.57 Å². The molecule has 0 spiro atoms. The molecule has 0 N–H and O–H groups in total. The average molecular weight is 445 g/mol. The zero-order valence-electron chi connectivity index (χ0n) is 19.3. The van der Waals surface area contributed by atoms with Crippen molar-refractivity contribution in [2.75, 3.05) is 11.4 Å². The molecule has 0 amide bonds. The van der Waals surface area contributed by atoms with E-state index in [1.54, 1.807) is 6.07 Å². The Morgan fingerprint density at radius 1 is 1.00 bits per heavy atom. The summed E-state index contributed by atoms with van der Waals surface area (Å²) in [6.45, 7) is 12.1. The molecule has 0 saturated heterocycles. The van der Waals surface area contributed by atoms with Crippen LogP contribution in [0, 0.1) is 6.92 Å². The SMILES string of the molecule is CCN1c2cc(C)c(C=Nc3ccc(Oc4cccc(Cl)c4)cc3)cc2C(C)=CC1(C)C. The first-order valence-electron chi connectivity index (χ1n) is 11.0. The number of anilines is 1. The smallest absolute Gasteiger partial charge is 0.128 e. The van der Waals surface area contributed by atoms with Crippen LogP contribution in [0.1, 0.15) is 44.4 Å². The van der Waals surface area contributed by atoms with Crippen LogP contribution in [-0.2, 0) is 0 Å². The topological polar surface area (TPSA) is 24.8 Å². The molecule has 0 aromatic heterocycles. The van der Waals surface area contributed by atoms with Crippen molar-refractivity contribution in [1.29, 1.82) is 0 Å². The molecule has 0 bridgehead atoms. The standard InChI is InChI=1S/C28H29ClN2O/c1-6-31-27-14-19(2)21(15-26(27)20(3)17-28(31,4)5)18-30-23-10-12-24(13-11-23)32-25-9-7-8-22(29)16-25/h7-18H,6H2,1-5H3. The minimum Gasteiger partial charge on any atom is -0.457 e. The number of benzene rings is 3. The Hall–Kier alpha value is -3.04. The minimum atomic E-state index is 0.0166. The third-order valence-electron chi connectivity index (χ3n) is 5.90. The molecule has 0 aliphatic carbocycles. The number of hydrogen-bond donors (Lipinski definition) is 0. The average Bonchev–Trinajstić information content (AvgIpc) is 2.73. The van der Waals surface area contributed by atoms with Crippen molar-refractivity contribution in [2.24, 2.45) is 4.99 Å². The van der Waals surface area contributed by atoms with Crippen LogP contribution < -0.4 is 9.64 Å². The molecule has 4 heteroatoms. The first kappa shape index (κ1) is 22.2. The first-order valence-corrected chi connectivity index (χ1v) is 11.3. The minimum absolute atomic E-state index is 0.0166. The van der Waals surface area contributed by atoms with Crippen molar-refractivity contribution in [1.82, 2.24) is 0 Å². The van der Waals surface area contributed by atoms with E-state index < -0.39 is 0 Å². The molecule has 1 aliphatic rings. The lowest BCUT2D eigenvalue weighted by Gasteiger charge is -2.43. The lowest BCUT2D eigenvalue weighted by atomic mass is 9.87. The second-order valence-electron chi connectivity index (χ2n) is 8.76. The zero-order chi connectivity index (χ0) is 22.9. The van der Waals surface area contributed by atoms with E-state index >= 15 is 0 Å². The number of nitrogens with zero attached hydrogens (tertiary/aromatic N) is 2. The van der Waals surface area contributed by atoms with Gasteiger partial charge < -0.3 is 9.64 Å². The van der Waals surface area contributed by atoms with Crippen molar-refractivity contribution in [2.45, 2.75) is 40.2 Å². The number of likely N-dealkylation sites (N-methyl/N-ethyl adjacent to an activating group) is 1. The quantitative estimate of drug-likeness (QED) is 0.370. The highest BCUT2D eigenvalue weighted by Gasteiger charge is 2.30. The van der Waals surface area contributed by atoms with Crippen LogP contribution >= 0.6 is 11.6 Å². The molecule has 0 radical (unpaired) electrons. The maximum absolute atomic E-state index is 6.03. The van der Waals surface area contributed by atoms with E-state index in [0.29, 0.717) is 10.8 Å². The predicted molar refractivity (Wildman–Crippen MR) is 137 cm³/mol. The highest BCUT2D eigenvalue weighted by Crippen LogP contribution is 2.40. The molecule has 0 unspecified atom stereocenters. The lowest BCUT2D eigenvalue weighted by Crippen LogP contribution is -2.45. The molecular formula is C28H29ClN2O. The Bertz CT molecular complexity index is 1190. The molecule has 32 heavy (non-hydrogen) atoms. The van der Waals surface area contributed by atoms with Gasteiger partial charge in [0, 0.05) is 29.0 Å². The van der Waals surface area contributed by atoms with Gasteiger partial charge in [-0.3, -0.25) is 4.99 Å². The highest BCUT2D eigenvalue weighted by molar-refractivity contribution is 6.30. The molecule has 3 nitrogen and oxygen atoms in total. The number of ether oxygens (including phenoxy) is 1. The molecule has 3 aromatic carbocycles. The molecule has 0 atom stereocenters. The number of aryl methyl sites for hydroxylation is 1. The van der Waals surface area contributed by atoms with E-state index in [-0.39, 0.29) is 5.54 Å². The van der Waals surface area contributed by atoms with Crippen molar-refractivity contribution in [3.8, 4) is 11.5 Å². The molecule has 1 heterocycles. The van der Waals surface area contributed by atoms with Crippen molar-refractivity contribution >= 4 is 34.8 Å². The van der Waals surface area contributed by atoms with Crippen molar-refractivity contribution in [3.05, 3.63) is 88.5 Å². The maximum Gasteiger partial charge on any atom is 0.128 e. The van der Waals surface area contributed by atoms with Gasteiger partial charge in [-0.05, 0) is 106 Å². The number of halogens is 1. The van der Waals surface area contributed by atoms with E-state index in [4.69, 9.17) is 21.3 Å². The summed E-state index contributed by atoms with van der Waals surface area (Å²) in [5, 5.41) is 0.653. The van der Waals surface area contributed by atoms with E-state index in [2.05, 4.69) is 57.7 Å². The van der Waals surface area contributed by atoms with Crippen LogP contribution in [0.2, 0.25) is 5.02 Å². The maximum atomic E-state index is 6.03. The van der Waals surface area contributed by atoms with Crippen LogP contribution in [0.15, 0.2) is 71.7 Å². The van der Waals surface area contributed by atoms with E-state index in [1.807, 2.05) is 48.7 Å². The van der Waals surface area contributed by atoms with Crippen LogP contribution in [0.4, 0.5) is 11.4 Å². The van der Waals surface area contributed by atoms with Gasteiger partial charge in [0.2, 0.25) is 0 Å². The number of aliphatic imine (C=N–C) groups is 1. The summed E-state index contributed by atoms with van der Waals surface area (Å²) in [5.41, 5.74) is 7.14. The normalized spacial score (nSPS) is 14.9. The van der Waals surface area contributed by atoms with Gasteiger partial charge >= 0.3 is 0 Å². The van der Waals surface area contributed by atoms with Gasteiger partial charge in [0.1, 0.15) is 11.5 Å². The zero-order valence-corrected chi connectivity index (χ0v) is 20.1. The van der Waals surface area contributed by atoms with Gasteiger partial charge in [-0.1, -0.05) is 23.7 Å². The van der Waals surface area contributed by atoms with Gasteiger partial charge in [0.15, 0.2) is 0 Å². The summed E-state index contributed by atoms with van der Waals surface area (Å²) in [4.78, 5) is 7.17. The number of rotatable bonds is 5. The predicted octanol–water partition coefficient (Wildman–Crippen LogP) is 8.21. The second kappa shape index (κ2) is 8.84. The Morgan fingerprint density at radius 3 is 2.44 bits per heavy atom. The number of hydrogen-bond acceptors (Lipinski definition) is 3. The Balaban J connectivity index is 1.56. The summed E-state index contributed by atoms with van der Waals surface area (Å²) < 4.78 is 5.86. The van der Waals surface area contributed by atoms with E-state index in [9.17, 15) is 0 Å². The molecule has 1 aliphatic heterocycles. The van der Waals surface area contributed by atoms with Crippen molar-refractivity contribution in [3.63, 3.8) is 0 Å². The Labute approximate surface area is 196 Å². The van der Waals surface area contributed by atoms with E-state index in [1.165, 1.54) is 22.4 Å². The third-order valence-corrected chi connectivity index (χ3v) is 6.14. The fourth-order valence-electron chi connectivity index (χ4n) is 4.37. The summed E-state index contributed by atoms with van der Waals surface area (Å²) in [6.07, 6.45) is 4.31. The second-order valence-corrected chi connectivity index (χ2v) is 9.20. The third kappa shape index (κ3) is 4.58. The summed E-state index contributed by atoms with van der Waals surface area (Å²) >= 11 is 6.03. The summed E-state index contributed by atoms with van der Waals surface area (Å²) in [6, 6.07) is 19.7. The van der Waals surface area contributed by atoms with Crippen molar-refractivity contribution < 1.29 is 4.74 Å². The Kier molecular flexibility index (Phi) is 6.12. The van der Waals surface area contributed by atoms with Gasteiger partial charge in [0.25, 0.3) is 0 Å². The van der Waals surface area contributed by atoms with Crippen LogP contribution in [-0.4, -0.2) is 18.3 Å².